The van der Waals surface area contributed by atoms with Crippen molar-refractivity contribution in [3.63, 3.8) is 0 Å². The largest absolute Gasteiger partial charge is 0.497 e. The second kappa shape index (κ2) is 8.95. The van der Waals surface area contributed by atoms with Gasteiger partial charge >= 0.3 is 0 Å². The molecule has 0 saturated carbocycles. The number of hydrogen-bond acceptors (Lipinski definition) is 4. The summed E-state index contributed by atoms with van der Waals surface area (Å²) in [6.45, 7) is 5.24. The lowest BCUT2D eigenvalue weighted by Gasteiger charge is -2.12. The Morgan fingerprint density at radius 3 is 2.45 bits per heavy atom. The van der Waals surface area contributed by atoms with Crippen LogP contribution in [0.2, 0.25) is 0 Å². The summed E-state index contributed by atoms with van der Waals surface area (Å²) in [7, 11) is 1.68. The Morgan fingerprint density at radius 1 is 0.955 bits per heavy atom. The number of nitrogens with one attached hydrogen (secondary N) is 2. The molecule has 0 saturated heterocycles. The van der Waals surface area contributed by atoms with E-state index in [0.29, 0.717) is 6.61 Å². The van der Waals surface area contributed by atoms with Crippen molar-refractivity contribution in [3.8, 4) is 11.5 Å². The van der Waals surface area contributed by atoms with E-state index in [4.69, 9.17) is 9.47 Å². The number of benzene rings is 2. The Bertz CT molecular complexity index is 555. The zero-order chi connectivity index (χ0) is 15.6. The molecule has 0 atom stereocenters. The fourth-order valence-electron chi connectivity index (χ4n) is 2.16. The van der Waals surface area contributed by atoms with Gasteiger partial charge in [0.15, 0.2) is 0 Å². The van der Waals surface area contributed by atoms with Crippen LogP contribution >= 0.6 is 0 Å². The maximum atomic E-state index is 5.59. The van der Waals surface area contributed by atoms with E-state index >= 15 is 0 Å². The molecule has 22 heavy (non-hydrogen) atoms. The first-order valence-electron chi connectivity index (χ1n) is 7.63. The van der Waals surface area contributed by atoms with E-state index in [1.807, 2.05) is 43.3 Å². The van der Waals surface area contributed by atoms with Crippen LogP contribution < -0.4 is 20.1 Å². The third-order valence-corrected chi connectivity index (χ3v) is 3.29. The van der Waals surface area contributed by atoms with E-state index in [0.717, 1.165) is 36.8 Å². The minimum absolute atomic E-state index is 0.675. The van der Waals surface area contributed by atoms with Crippen LogP contribution in [0.25, 0.3) is 0 Å². The van der Waals surface area contributed by atoms with Gasteiger partial charge in [0.1, 0.15) is 11.5 Å². The third kappa shape index (κ3) is 4.97. The average Bonchev–Trinajstić information content (AvgIpc) is 2.57. The van der Waals surface area contributed by atoms with Crippen molar-refractivity contribution in [1.82, 2.24) is 5.32 Å². The van der Waals surface area contributed by atoms with Gasteiger partial charge in [-0.3, -0.25) is 0 Å². The van der Waals surface area contributed by atoms with Crippen LogP contribution in [-0.2, 0) is 6.54 Å². The summed E-state index contributed by atoms with van der Waals surface area (Å²) < 4.78 is 10.7. The molecule has 0 unspecified atom stereocenters. The number of ether oxygens (including phenoxy) is 2. The Balaban J connectivity index is 1.70. The van der Waals surface area contributed by atoms with Gasteiger partial charge < -0.3 is 20.1 Å². The molecule has 2 N–H and O–H groups in total. The van der Waals surface area contributed by atoms with Crippen molar-refractivity contribution < 1.29 is 9.47 Å². The Morgan fingerprint density at radius 2 is 1.73 bits per heavy atom. The zero-order valence-corrected chi connectivity index (χ0v) is 13.3. The van der Waals surface area contributed by atoms with E-state index < -0.39 is 0 Å². The molecule has 2 aromatic carbocycles. The fraction of sp³-hybridized carbons (Fsp3) is 0.333. The van der Waals surface area contributed by atoms with Crippen molar-refractivity contribution in [2.75, 3.05) is 32.1 Å². The van der Waals surface area contributed by atoms with Crippen molar-refractivity contribution in [2.24, 2.45) is 0 Å². The molecule has 0 fully saturated rings. The third-order valence-electron chi connectivity index (χ3n) is 3.29. The van der Waals surface area contributed by atoms with Gasteiger partial charge in [0.25, 0.3) is 0 Å². The molecule has 4 nitrogen and oxygen atoms in total. The maximum absolute atomic E-state index is 5.59. The van der Waals surface area contributed by atoms with Gasteiger partial charge in [-0.15, -0.1) is 0 Å². The van der Waals surface area contributed by atoms with Crippen molar-refractivity contribution in [3.05, 3.63) is 54.1 Å². The van der Waals surface area contributed by atoms with Crippen LogP contribution in [-0.4, -0.2) is 26.8 Å². The SMILES string of the molecule is CCOc1ccccc1NCCNCc1ccc(OC)cc1. The number of methoxy groups -OCH3 is 1. The first kappa shape index (κ1) is 16.2. The molecule has 0 aliphatic rings. The molecule has 0 bridgehead atoms. The number of rotatable bonds is 9. The van der Waals surface area contributed by atoms with Crippen LogP contribution in [0.5, 0.6) is 11.5 Å². The quantitative estimate of drug-likeness (QED) is 0.697. The normalized spacial score (nSPS) is 10.3. The molecule has 0 aliphatic carbocycles. The topological polar surface area (TPSA) is 42.5 Å². The second-order valence-electron chi connectivity index (χ2n) is 4.88. The highest BCUT2D eigenvalue weighted by Gasteiger charge is 2.00. The van der Waals surface area contributed by atoms with E-state index in [2.05, 4.69) is 22.8 Å². The highest BCUT2D eigenvalue weighted by atomic mass is 16.5. The van der Waals surface area contributed by atoms with Gasteiger partial charge in [-0.25, -0.2) is 0 Å². The molecule has 0 amide bonds. The fourth-order valence-corrected chi connectivity index (χ4v) is 2.16. The summed E-state index contributed by atoms with van der Waals surface area (Å²) in [5.74, 6) is 1.79. The predicted molar refractivity (Wildman–Crippen MR) is 90.8 cm³/mol. The van der Waals surface area contributed by atoms with Crippen molar-refractivity contribution in [2.45, 2.75) is 13.5 Å². The van der Waals surface area contributed by atoms with Crippen LogP contribution in [0.15, 0.2) is 48.5 Å². The molecule has 0 spiro atoms. The van der Waals surface area contributed by atoms with Crippen molar-refractivity contribution >= 4 is 5.69 Å². The van der Waals surface area contributed by atoms with Crippen molar-refractivity contribution in [1.29, 1.82) is 0 Å². The molecule has 0 heterocycles. The van der Waals surface area contributed by atoms with Gasteiger partial charge in [0, 0.05) is 19.6 Å². The first-order chi connectivity index (χ1) is 10.8. The predicted octanol–water partition coefficient (Wildman–Crippen LogP) is 3.30. The van der Waals surface area contributed by atoms with E-state index in [9.17, 15) is 0 Å². The average molecular weight is 300 g/mol. The minimum atomic E-state index is 0.675. The standard InChI is InChI=1S/C18H24N2O2/c1-3-22-18-7-5-4-6-17(18)20-13-12-19-14-15-8-10-16(21-2)11-9-15/h4-11,19-20H,3,12-14H2,1-2H3. The summed E-state index contributed by atoms with van der Waals surface area (Å²) in [5.41, 5.74) is 2.28. The van der Waals surface area contributed by atoms with Crippen LogP contribution in [0.4, 0.5) is 5.69 Å². The Labute approximate surface area is 132 Å². The molecule has 2 aromatic rings. The lowest BCUT2D eigenvalue weighted by molar-refractivity contribution is 0.341. The number of anilines is 1. The molecule has 118 valence electrons. The summed E-state index contributed by atoms with van der Waals surface area (Å²) in [6, 6.07) is 16.1. The molecule has 0 aromatic heterocycles. The molecular formula is C18H24N2O2. The maximum Gasteiger partial charge on any atom is 0.142 e. The zero-order valence-electron chi connectivity index (χ0n) is 13.3. The minimum Gasteiger partial charge on any atom is -0.497 e. The van der Waals surface area contributed by atoms with Gasteiger partial charge in [-0.05, 0) is 36.8 Å². The summed E-state index contributed by atoms with van der Waals surface area (Å²) >= 11 is 0. The molecule has 4 heteroatoms. The van der Waals surface area contributed by atoms with Crippen LogP contribution in [0, 0.1) is 0 Å². The highest BCUT2D eigenvalue weighted by molar-refractivity contribution is 5.56. The van der Waals surface area contributed by atoms with Gasteiger partial charge in [0.05, 0.1) is 19.4 Å². The summed E-state index contributed by atoms with van der Waals surface area (Å²) in [6.07, 6.45) is 0. The van der Waals surface area contributed by atoms with Gasteiger partial charge in [-0.1, -0.05) is 24.3 Å². The lowest BCUT2D eigenvalue weighted by Crippen LogP contribution is -2.21. The van der Waals surface area contributed by atoms with Crippen LogP contribution in [0.1, 0.15) is 12.5 Å². The lowest BCUT2D eigenvalue weighted by atomic mass is 10.2. The Kier molecular flexibility index (Phi) is 6.58. The van der Waals surface area contributed by atoms with E-state index in [-0.39, 0.29) is 0 Å². The number of hydrogen-bond donors (Lipinski definition) is 2. The monoisotopic (exact) mass is 300 g/mol. The number of para-hydroxylation sites is 2. The summed E-state index contributed by atoms with van der Waals surface area (Å²) in [5, 5.41) is 6.81. The van der Waals surface area contributed by atoms with Crippen LogP contribution in [0.3, 0.4) is 0 Å². The second-order valence-corrected chi connectivity index (χ2v) is 4.88. The smallest absolute Gasteiger partial charge is 0.142 e. The molecule has 2 rings (SSSR count). The summed E-state index contributed by atoms with van der Waals surface area (Å²) in [4.78, 5) is 0. The van der Waals surface area contributed by atoms with E-state index in [1.165, 1.54) is 5.56 Å². The van der Waals surface area contributed by atoms with Gasteiger partial charge in [-0.2, -0.15) is 0 Å². The molecule has 0 aliphatic heterocycles. The molecule has 0 radical (unpaired) electrons. The first-order valence-corrected chi connectivity index (χ1v) is 7.63. The van der Waals surface area contributed by atoms with Gasteiger partial charge in [0.2, 0.25) is 0 Å². The molecular weight excluding hydrogens is 276 g/mol. The van der Waals surface area contributed by atoms with E-state index in [1.54, 1.807) is 7.11 Å². The Hall–Kier alpha value is -2.20. The highest BCUT2D eigenvalue weighted by Crippen LogP contribution is 2.23.